The molecule has 2 heterocycles. The molecule has 36 heavy (non-hydrogen) atoms. The minimum atomic E-state index is -1.36. The minimum Gasteiger partial charge on any atom is -0.388 e. The Bertz CT molecular complexity index is 1540. The van der Waals surface area contributed by atoms with Gasteiger partial charge in [-0.05, 0) is 62.4 Å². The van der Waals surface area contributed by atoms with Gasteiger partial charge in [0, 0.05) is 11.1 Å². The van der Waals surface area contributed by atoms with E-state index in [1.807, 2.05) is 0 Å². The zero-order valence-electron chi connectivity index (χ0n) is 19.5. The van der Waals surface area contributed by atoms with Crippen LogP contribution in [0.2, 0.25) is 10.0 Å². The Morgan fingerprint density at radius 3 is 2.50 bits per heavy atom. The number of halogens is 3. The molecule has 2 aromatic heterocycles. The number of aromatic amines is 1. The quantitative estimate of drug-likeness (QED) is 0.318. The average Bonchev–Trinajstić information content (AvgIpc) is 3.58. The summed E-state index contributed by atoms with van der Waals surface area (Å²) in [6.07, 6.45) is 3.30. The van der Waals surface area contributed by atoms with Crippen LogP contribution in [-0.4, -0.2) is 31.2 Å². The normalized spacial score (nSPS) is 14.7. The van der Waals surface area contributed by atoms with E-state index in [2.05, 4.69) is 15.4 Å². The predicted octanol–water partition coefficient (Wildman–Crippen LogP) is 5.25. The van der Waals surface area contributed by atoms with E-state index in [4.69, 9.17) is 23.2 Å². The van der Waals surface area contributed by atoms with Crippen LogP contribution in [0.1, 0.15) is 60.3 Å². The SMILES string of the molecule is CC(C)(O)C(NC(=O)c1nn2cc(-c3ccc(Cl)c(Cl)c3)[nH]c(=O)c2c1C1CC1)c1ccc(F)cc1. The second kappa shape index (κ2) is 9.03. The van der Waals surface area contributed by atoms with Gasteiger partial charge in [0.2, 0.25) is 0 Å². The van der Waals surface area contributed by atoms with E-state index in [1.54, 1.807) is 38.2 Å². The Kier molecular flexibility index (Phi) is 6.14. The molecule has 186 valence electrons. The summed E-state index contributed by atoms with van der Waals surface area (Å²) < 4.78 is 14.9. The molecule has 1 saturated carbocycles. The largest absolute Gasteiger partial charge is 0.388 e. The van der Waals surface area contributed by atoms with Crippen molar-refractivity contribution < 1.29 is 14.3 Å². The van der Waals surface area contributed by atoms with Crippen molar-refractivity contribution in [3.05, 3.63) is 91.7 Å². The van der Waals surface area contributed by atoms with Crippen molar-refractivity contribution in [2.75, 3.05) is 0 Å². The van der Waals surface area contributed by atoms with Gasteiger partial charge in [-0.2, -0.15) is 5.10 Å². The molecule has 1 atom stereocenters. The van der Waals surface area contributed by atoms with Crippen molar-refractivity contribution in [3.63, 3.8) is 0 Å². The number of hydrogen-bond donors (Lipinski definition) is 3. The third kappa shape index (κ3) is 4.64. The molecule has 7 nitrogen and oxygen atoms in total. The van der Waals surface area contributed by atoms with Gasteiger partial charge in [-0.15, -0.1) is 0 Å². The Labute approximate surface area is 215 Å². The van der Waals surface area contributed by atoms with Crippen LogP contribution in [-0.2, 0) is 0 Å². The fourth-order valence-electron chi connectivity index (χ4n) is 4.36. The van der Waals surface area contributed by atoms with Crippen molar-refractivity contribution in [2.45, 2.75) is 44.2 Å². The molecule has 1 aliphatic rings. The van der Waals surface area contributed by atoms with Crippen LogP contribution >= 0.6 is 23.2 Å². The van der Waals surface area contributed by atoms with Crippen molar-refractivity contribution in [1.29, 1.82) is 0 Å². The van der Waals surface area contributed by atoms with E-state index in [9.17, 15) is 19.1 Å². The first kappa shape index (κ1) is 24.5. The molecule has 5 rings (SSSR count). The molecule has 0 spiro atoms. The highest BCUT2D eigenvalue weighted by Crippen LogP contribution is 2.43. The standard InChI is InChI=1S/C26H23Cl2FN4O3/c1-26(2,36)23(14-5-8-16(29)9-6-14)31-24(34)21-20(13-3-4-13)22-25(35)30-19(12-33(22)32-21)15-7-10-17(27)18(28)11-15/h5-13,23,36H,3-4H2,1-2H3,(H,30,35)(H,31,34). The highest BCUT2D eigenvalue weighted by molar-refractivity contribution is 6.42. The first-order chi connectivity index (χ1) is 17.0. The summed E-state index contributed by atoms with van der Waals surface area (Å²) in [5, 5.41) is 18.8. The number of nitrogens with one attached hydrogen (secondary N) is 2. The lowest BCUT2D eigenvalue weighted by atomic mass is 9.91. The second-order valence-electron chi connectivity index (χ2n) is 9.57. The Morgan fingerprint density at radius 2 is 1.89 bits per heavy atom. The summed E-state index contributed by atoms with van der Waals surface area (Å²) in [7, 11) is 0. The van der Waals surface area contributed by atoms with Gasteiger partial charge in [-0.25, -0.2) is 8.91 Å². The number of aromatic nitrogens is 3. The smallest absolute Gasteiger partial charge is 0.274 e. The zero-order chi connectivity index (χ0) is 25.8. The molecule has 1 amide bonds. The lowest BCUT2D eigenvalue weighted by molar-refractivity contribution is 0.0342. The maximum absolute atomic E-state index is 13.5. The summed E-state index contributed by atoms with van der Waals surface area (Å²) in [6, 6.07) is 9.71. The van der Waals surface area contributed by atoms with E-state index in [0.29, 0.717) is 37.9 Å². The van der Waals surface area contributed by atoms with Crippen LogP contribution in [0.5, 0.6) is 0 Å². The van der Waals surface area contributed by atoms with Gasteiger partial charge in [-0.1, -0.05) is 41.4 Å². The van der Waals surface area contributed by atoms with Gasteiger partial charge in [-0.3, -0.25) is 9.59 Å². The monoisotopic (exact) mass is 528 g/mol. The second-order valence-corrected chi connectivity index (χ2v) is 10.4. The molecule has 0 aliphatic heterocycles. The first-order valence-corrected chi connectivity index (χ1v) is 12.2. The fraction of sp³-hybridized carbons (Fsp3) is 0.269. The highest BCUT2D eigenvalue weighted by Gasteiger charge is 2.37. The number of aliphatic hydroxyl groups is 1. The van der Waals surface area contributed by atoms with Gasteiger partial charge in [0.15, 0.2) is 5.69 Å². The summed E-state index contributed by atoms with van der Waals surface area (Å²) in [6.45, 7) is 3.11. The molecule has 1 unspecified atom stereocenters. The van der Waals surface area contributed by atoms with E-state index in [-0.39, 0.29) is 17.2 Å². The third-order valence-electron chi connectivity index (χ3n) is 6.28. The van der Waals surface area contributed by atoms with Crippen LogP contribution in [0.15, 0.2) is 53.5 Å². The average molecular weight is 529 g/mol. The molecule has 0 saturated heterocycles. The molecular weight excluding hydrogens is 506 g/mol. The van der Waals surface area contributed by atoms with Crippen LogP contribution < -0.4 is 10.9 Å². The van der Waals surface area contributed by atoms with Gasteiger partial charge in [0.05, 0.1) is 33.6 Å². The van der Waals surface area contributed by atoms with Crippen LogP contribution in [0, 0.1) is 5.82 Å². The van der Waals surface area contributed by atoms with Gasteiger partial charge in [0.25, 0.3) is 11.5 Å². The lowest BCUT2D eigenvalue weighted by Gasteiger charge is -2.30. The first-order valence-electron chi connectivity index (χ1n) is 11.4. The molecule has 4 aromatic rings. The number of carbonyl (C=O) groups excluding carboxylic acids is 1. The zero-order valence-corrected chi connectivity index (χ0v) is 21.0. The maximum atomic E-state index is 13.5. The van der Waals surface area contributed by atoms with Crippen molar-refractivity contribution in [1.82, 2.24) is 19.9 Å². The lowest BCUT2D eigenvalue weighted by Crippen LogP contribution is -2.42. The Morgan fingerprint density at radius 1 is 1.19 bits per heavy atom. The minimum absolute atomic E-state index is 0.0339. The summed E-state index contributed by atoms with van der Waals surface area (Å²) in [5.41, 5.74) is 0.880. The molecule has 3 N–H and O–H groups in total. The third-order valence-corrected chi connectivity index (χ3v) is 7.02. The molecule has 0 bridgehead atoms. The van der Waals surface area contributed by atoms with E-state index >= 15 is 0 Å². The number of benzene rings is 2. The number of hydrogen-bond acceptors (Lipinski definition) is 4. The van der Waals surface area contributed by atoms with Gasteiger partial charge >= 0.3 is 0 Å². The topological polar surface area (TPSA) is 99.5 Å². The van der Waals surface area contributed by atoms with E-state index in [1.165, 1.54) is 28.8 Å². The Hall–Kier alpha value is -3.20. The van der Waals surface area contributed by atoms with Crippen LogP contribution in [0.4, 0.5) is 4.39 Å². The van der Waals surface area contributed by atoms with Crippen LogP contribution in [0.25, 0.3) is 16.8 Å². The predicted molar refractivity (Wildman–Crippen MR) is 136 cm³/mol. The fourth-order valence-corrected chi connectivity index (χ4v) is 4.66. The molecular formula is C26H23Cl2FN4O3. The number of H-pyrrole nitrogens is 1. The number of amides is 1. The van der Waals surface area contributed by atoms with Crippen molar-refractivity contribution in [2.24, 2.45) is 0 Å². The summed E-state index contributed by atoms with van der Waals surface area (Å²) in [4.78, 5) is 29.5. The van der Waals surface area contributed by atoms with Gasteiger partial charge < -0.3 is 15.4 Å². The number of carbonyl (C=O) groups is 1. The number of fused-ring (bicyclic) bond motifs is 1. The molecule has 2 aromatic carbocycles. The van der Waals surface area contributed by atoms with Crippen LogP contribution in [0.3, 0.4) is 0 Å². The number of nitrogens with zero attached hydrogens (tertiary/aromatic N) is 2. The van der Waals surface area contributed by atoms with Crippen molar-refractivity contribution >= 4 is 34.6 Å². The van der Waals surface area contributed by atoms with E-state index in [0.717, 1.165) is 12.8 Å². The molecule has 10 heteroatoms. The summed E-state index contributed by atoms with van der Waals surface area (Å²) >= 11 is 12.2. The molecule has 0 radical (unpaired) electrons. The van der Waals surface area contributed by atoms with Gasteiger partial charge in [0.1, 0.15) is 11.3 Å². The summed E-state index contributed by atoms with van der Waals surface area (Å²) in [5.74, 6) is -0.924. The molecule has 1 fully saturated rings. The maximum Gasteiger partial charge on any atom is 0.274 e. The van der Waals surface area contributed by atoms with E-state index < -0.39 is 23.4 Å². The Balaban J connectivity index is 1.58. The highest BCUT2D eigenvalue weighted by atomic mass is 35.5. The number of rotatable bonds is 6. The van der Waals surface area contributed by atoms with Crippen molar-refractivity contribution in [3.8, 4) is 11.3 Å². The molecule has 1 aliphatic carbocycles.